The Kier molecular flexibility index (Phi) is 6.65. The molecule has 0 aromatic heterocycles. The number of hydrogen-bond acceptors (Lipinski definition) is 4. The van der Waals surface area contributed by atoms with Crippen LogP contribution in [-0.2, 0) is 0 Å². The number of likely N-dealkylation sites (tertiary alicyclic amines) is 2. The lowest BCUT2D eigenvalue weighted by Crippen LogP contribution is -2.44. The molecule has 2 aliphatic heterocycles. The summed E-state index contributed by atoms with van der Waals surface area (Å²) in [6.45, 7) is 5.10. The lowest BCUT2D eigenvalue weighted by atomic mass is 9.96. The maximum absolute atomic E-state index is 13.1. The molecule has 0 aliphatic carbocycles. The van der Waals surface area contributed by atoms with Gasteiger partial charge in [-0.25, -0.2) is 0 Å². The van der Waals surface area contributed by atoms with Crippen LogP contribution in [-0.4, -0.2) is 55.5 Å². The summed E-state index contributed by atoms with van der Waals surface area (Å²) in [5, 5.41) is 0.396. The van der Waals surface area contributed by atoms with Crippen molar-refractivity contribution in [3.8, 4) is 5.75 Å². The van der Waals surface area contributed by atoms with Crippen molar-refractivity contribution in [1.82, 2.24) is 9.80 Å². The Morgan fingerprint density at radius 1 is 1.19 bits per heavy atom. The molecule has 144 valence electrons. The molecule has 26 heavy (non-hydrogen) atoms. The Morgan fingerprint density at radius 3 is 2.62 bits per heavy atom. The van der Waals surface area contributed by atoms with Crippen molar-refractivity contribution < 1.29 is 9.53 Å². The number of methoxy groups -OCH3 is 1. The number of nitrogens with two attached hydrogens (primary N) is 1. The van der Waals surface area contributed by atoms with Gasteiger partial charge in [-0.15, -0.1) is 0 Å². The highest BCUT2D eigenvalue weighted by atomic mass is 35.5. The van der Waals surface area contributed by atoms with Gasteiger partial charge in [0.05, 0.1) is 23.4 Å². The number of halogens is 1. The Hall–Kier alpha value is -1.46. The van der Waals surface area contributed by atoms with E-state index < -0.39 is 0 Å². The molecular formula is C20H30ClN3O2. The van der Waals surface area contributed by atoms with Crippen molar-refractivity contribution in [2.24, 2.45) is 5.92 Å². The zero-order valence-corrected chi connectivity index (χ0v) is 16.4. The molecule has 5 nitrogen and oxygen atoms in total. The third-order valence-corrected chi connectivity index (χ3v) is 5.90. The third-order valence-electron chi connectivity index (χ3n) is 5.57. The van der Waals surface area contributed by atoms with E-state index in [0.29, 0.717) is 27.9 Å². The highest BCUT2D eigenvalue weighted by molar-refractivity contribution is 6.33. The minimum Gasteiger partial charge on any atom is -0.496 e. The largest absolute Gasteiger partial charge is 0.496 e. The number of carbonyl (C=O) groups is 1. The number of benzene rings is 1. The van der Waals surface area contributed by atoms with Crippen LogP contribution in [0, 0.1) is 5.92 Å². The second-order valence-corrected chi connectivity index (χ2v) is 7.96. The van der Waals surface area contributed by atoms with E-state index in [1.54, 1.807) is 19.2 Å². The Bertz CT molecular complexity index is 630. The molecule has 1 amide bonds. The second-order valence-electron chi connectivity index (χ2n) is 7.55. The van der Waals surface area contributed by atoms with Crippen LogP contribution in [0.25, 0.3) is 0 Å². The van der Waals surface area contributed by atoms with Gasteiger partial charge in [-0.3, -0.25) is 4.79 Å². The summed E-state index contributed by atoms with van der Waals surface area (Å²) in [6, 6.07) is 3.27. The van der Waals surface area contributed by atoms with Gasteiger partial charge in [0.25, 0.3) is 5.91 Å². The number of nitrogens with zero attached hydrogens (tertiary/aromatic N) is 2. The van der Waals surface area contributed by atoms with E-state index in [0.717, 1.165) is 26.1 Å². The second kappa shape index (κ2) is 8.96. The van der Waals surface area contributed by atoms with Crippen LogP contribution in [0.4, 0.5) is 5.69 Å². The number of ether oxygens (including phenoxy) is 1. The van der Waals surface area contributed by atoms with Gasteiger partial charge in [-0.05, 0) is 50.8 Å². The Morgan fingerprint density at radius 2 is 1.92 bits per heavy atom. The number of piperidine rings is 1. The van der Waals surface area contributed by atoms with Crippen LogP contribution >= 0.6 is 11.6 Å². The van der Waals surface area contributed by atoms with E-state index in [9.17, 15) is 4.79 Å². The normalized spacial score (nSPS) is 22.1. The number of anilines is 1. The Labute approximate surface area is 161 Å². The molecule has 3 rings (SSSR count). The van der Waals surface area contributed by atoms with Crippen LogP contribution in [0.15, 0.2) is 12.1 Å². The fourth-order valence-electron chi connectivity index (χ4n) is 4.16. The summed E-state index contributed by atoms with van der Waals surface area (Å²) in [5.41, 5.74) is 6.77. The first-order chi connectivity index (χ1) is 12.6. The van der Waals surface area contributed by atoms with Gasteiger partial charge in [0.2, 0.25) is 0 Å². The number of carbonyl (C=O) groups excluding carboxylic acids is 1. The maximum atomic E-state index is 13.1. The molecule has 2 N–H and O–H groups in total. The van der Waals surface area contributed by atoms with Crippen LogP contribution in [0.3, 0.4) is 0 Å². The van der Waals surface area contributed by atoms with E-state index >= 15 is 0 Å². The topological polar surface area (TPSA) is 58.8 Å². The van der Waals surface area contributed by atoms with Crippen molar-refractivity contribution in [2.45, 2.75) is 38.5 Å². The fraction of sp³-hybridized carbons (Fsp3) is 0.650. The molecule has 6 heteroatoms. The average Bonchev–Trinajstić information content (AvgIpc) is 2.92. The first kappa shape index (κ1) is 19.3. The standard InChI is InChI=1S/C20H30ClN3O2/c1-26-19-12-18(22)17(21)11-16(19)20(25)24-10-6-7-15(14-24)13-23-8-4-2-3-5-9-23/h11-12,15H,2-10,13-14,22H2,1H3. The minimum absolute atomic E-state index is 0.00989. The van der Waals surface area contributed by atoms with Gasteiger partial charge >= 0.3 is 0 Å². The van der Waals surface area contributed by atoms with Crippen molar-refractivity contribution >= 4 is 23.2 Å². The predicted molar refractivity (Wildman–Crippen MR) is 106 cm³/mol. The highest BCUT2D eigenvalue weighted by Gasteiger charge is 2.28. The van der Waals surface area contributed by atoms with Crippen molar-refractivity contribution in [3.63, 3.8) is 0 Å². The molecule has 0 spiro atoms. The molecule has 2 saturated heterocycles. The van der Waals surface area contributed by atoms with Gasteiger partial charge < -0.3 is 20.3 Å². The van der Waals surface area contributed by atoms with Gasteiger partial charge in [0.1, 0.15) is 5.75 Å². The quantitative estimate of drug-likeness (QED) is 0.811. The number of rotatable bonds is 4. The molecule has 1 aromatic carbocycles. The smallest absolute Gasteiger partial charge is 0.257 e. The molecule has 1 aromatic rings. The molecule has 2 aliphatic rings. The summed E-state index contributed by atoms with van der Waals surface area (Å²) in [5.74, 6) is 1.02. The molecule has 0 saturated carbocycles. The molecule has 1 atom stereocenters. The third kappa shape index (κ3) is 4.63. The monoisotopic (exact) mass is 379 g/mol. The lowest BCUT2D eigenvalue weighted by molar-refractivity contribution is 0.0638. The molecular weight excluding hydrogens is 350 g/mol. The van der Waals surface area contributed by atoms with E-state index in [1.165, 1.54) is 45.2 Å². The lowest BCUT2D eigenvalue weighted by Gasteiger charge is -2.35. The summed E-state index contributed by atoms with van der Waals surface area (Å²) in [7, 11) is 1.55. The maximum Gasteiger partial charge on any atom is 0.257 e. The molecule has 2 heterocycles. The molecule has 1 unspecified atom stereocenters. The van der Waals surface area contributed by atoms with E-state index in [4.69, 9.17) is 22.1 Å². The fourth-order valence-corrected chi connectivity index (χ4v) is 4.32. The van der Waals surface area contributed by atoms with E-state index in [2.05, 4.69) is 4.90 Å². The number of amides is 1. The average molecular weight is 380 g/mol. The summed E-state index contributed by atoms with van der Waals surface area (Å²) in [6.07, 6.45) is 7.55. The zero-order valence-electron chi connectivity index (χ0n) is 15.7. The minimum atomic E-state index is -0.00989. The van der Waals surface area contributed by atoms with Crippen molar-refractivity contribution in [2.75, 3.05) is 45.6 Å². The van der Waals surface area contributed by atoms with E-state index in [-0.39, 0.29) is 5.91 Å². The van der Waals surface area contributed by atoms with Crippen molar-refractivity contribution in [1.29, 1.82) is 0 Å². The number of nitrogen functional groups attached to an aromatic ring is 1. The van der Waals surface area contributed by atoms with E-state index in [1.807, 2.05) is 4.90 Å². The van der Waals surface area contributed by atoms with Gasteiger partial charge in [-0.2, -0.15) is 0 Å². The molecule has 2 fully saturated rings. The Balaban J connectivity index is 1.67. The highest BCUT2D eigenvalue weighted by Crippen LogP contribution is 2.31. The van der Waals surface area contributed by atoms with Crippen LogP contribution < -0.4 is 10.5 Å². The molecule has 0 radical (unpaired) electrons. The SMILES string of the molecule is COc1cc(N)c(Cl)cc1C(=O)N1CCCC(CN2CCCCCC2)C1. The summed E-state index contributed by atoms with van der Waals surface area (Å²) >= 11 is 6.14. The zero-order chi connectivity index (χ0) is 18.5. The van der Waals surface area contributed by atoms with Crippen LogP contribution in [0.1, 0.15) is 48.9 Å². The van der Waals surface area contributed by atoms with Crippen LogP contribution in [0.2, 0.25) is 5.02 Å². The molecule has 0 bridgehead atoms. The first-order valence-corrected chi connectivity index (χ1v) is 10.1. The van der Waals surface area contributed by atoms with Crippen LogP contribution in [0.5, 0.6) is 5.75 Å². The van der Waals surface area contributed by atoms with Gasteiger partial charge in [0, 0.05) is 25.7 Å². The summed E-state index contributed by atoms with van der Waals surface area (Å²) < 4.78 is 5.36. The van der Waals surface area contributed by atoms with Crippen molar-refractivity contribution in [3.05, 3.63) is 22.7 Å². The summed E-state index contributed by atoms with van der Waals surface area (Å²) in [4.78, 5) is 17.6. The number of hydrogen-bond donors (Lipinski definition) is 1. The van der Waals surface area contributed by atoms with Gasteiger partial charge in [0.15, 0.2) is 0 Å². The predicted octanol–water partition coefficient (Wildman–Crippen LogP) is 3.66. The first-order valence-electron chi connectivity index (χ1n) is 9.73. The van der Waals surface area contributed by atoms with Gasteiger partial charge in [-0.1, -0.05) is 24.4 Å².